The third kappa shape index (κ3) is 5.85. The first-order valence-electron chi connectivity index (χ1n) is 12.7. The smallest absolute Gasteiger partial charge is 0.406 e. The predicted molar refractivity (Wildman–Crippen MR) is 142 cm³/mol. The zero-order chi connectivity index (χ0) is 33.6. The Morgan fingerprint density at radius 2 is 0.935 bits per heavy atom. The van der Waals surface area contributed by atoms with Crippen molar-refractivity contribution in [2.75, 3.05) is 0 Å². The van der Waals surface area contributed by atoms with Gasteiger partial charge in [0.05, 0.1) is 35.4 Å². The lowest BCUT2D eigenvalue weighted by atomic mass is 9.83. The molecular weight excluding hydrogens is 624 g/mol. The highest BCUT2D eigenvalue weighted by molar-refractivity contribution is 5.90. The van der Waals surface area contributed by atoms with E-state index in [-0.39, 0.29) is 55.6 Å². The molecule has 0 N–H and O–H groups in total. The Morgan fingerprint density at radius 1 is 0.543 bits per heavy atom. The molecule has 0 amide bonds. The van der Waals surface area contributed by atoms with Gasteiger partial charge in [-0.1, -0.05) is 0 Å². The molecule has 4 aromatic rings. The molecule has 0 unspecified atom stereocenters. The van der Waals surface area contributed by atoms with Crippen molar-refractivity contribution < 1.29 is 44.6 Å². The molecule has 0 bridgehead atoms. The number of ether oxygens (including phenoxy) is 2. The summed E-state index contributed by atoms with van der Waals surface area (Å²) in [7, 11) is 0. The Balaban J connectivity index is 1.74. The van der Waals surface area contributed by atoms with Gasteiger partial charge in [-0.25, -0.2) is 8.78 Å². The Labute approximate surface area is 254 Å². The first-order valence-corrected chi connectivity index (χ1v) is 12.7. The Hall–Kier alpha value is -6.12. The van der Waals surface area contributed by atoms with Gasteiger partial charge in [-0.05, 0) is 70.8 Å². The van der Waals surface area contributed by atoms with Crippen LogP contribution in [0.3, 0.4) is 0 Å². The molecule has 0 fully saturated rings. The molecule has 46 heavy (non-hydrogen) atoms. The summed E-state index contributed by atoms with van der Waals surface area (Å²) in [5.74, 6) is -6.46. The third-order valence-corrected chi connectivity index (χ3v) is 7.12. The summed E-state index contributed by atoms with van der Waals surface area (Å²) < 4.78 is 114. The average Bonchev–Trinajstić information content (AvgIpc) is 3.27. The number of hydrogen-bond acceptors (Lipinski definition) is 6. The zero-order valence-corrected chi connectivity index (χ0v) is 22.6. The minimum atomic E-state index is -5.10. The van der Waals surface area contributed by atoms with Crippen molar-refractivity contribution >= 4 is 0 Å². The number of alkyl halides is 6. The van der Waals surface area contributed by atoms with Gasteiger partial charge in [0.15, 0.2) is 0 Å². The third-order valence-electron chi connectivity index (χ3n) is 7.12. The molecule has 0 radical (unpaired) electrons. The first-order chi connectivity index (χ1) is 21.7. The summed E-state index contributed by atoms with van der Waals surface area (Å²) in [5, 5.41) is 39.4. The number of benzene rings is 4. The van der Waals surface area contributed by atoms with Crippen molar-refractivity contribution in [3.8, 4) is 69.2 Å². The number of fused-ring (bicyclic) bond motifs is 3. The maximum atomic E-state index is 15.2. The van der Waals surface area contributed by atoms with Crippen LogP contribution in [0.25, 0.3) is 33.4 Å². The zero-order valence-electron chi connectivity index (χ0n) is 22.6. The van der Waals surface area contributed by atoms with Crippen LogP contribution in [0.2, 0.25) is 0 Å². The fraction of sp³-hybridized carbons (Fsp3) is 0.125. The van der Waals surface area contributed by atoms with E-state index < -0.39 is 47.7 Å². The van der Waals surface area contributed by atoms with Crippen LogP contribution < -0.4 is 9.47 Å². The molecule has 0 spiro atoms. The maximum absolute atomic E-state index is 15.2. The van der Waals surface area contributed by atoms with Gasteiger partial charge in [-0.15, -0.1) is 26.3 Å². The first kappa shape index (κ1) is 31.3. The molecule has 0 saturated heterocycles. The molecule has 6 nitrogen and oxygen atoms in total. The lowest BCUT2D eigenvalue weighted by molar-refractivity contribution is -0.275. The standard InChI is InChI=1S/C32H12F8N4O2/c33-28-7-18(45-31(35,36)37)1-3-20(28)22-9-24-25-10-23(21-4-2-19(8-29(21)34)46-32(38,39)40)16(12-42)6-27(25)30(17(13-43)14-44)26(24)5-15(22)11-41/h1-10,17,30H. The highest BCUT2D eigenvalue weighted by atomic mass is 19.4. The minimum Gasteiger partial charge on any atom is -0.406 e. The van der Waals surface area contributed by atoms with Gasteiger partial charge in [0.1, 0.15) is 29.1 Å². The van der Waals surface area contributed by atoms with Crippen LogP contribution in [0.5, 0.6) is 11.5 Å². The van der Waals surface area contributed by atoms with Gasteiger partial charge < -0.3 is 9.47 Å². The van der Waals surface area contributed by atoms with Crippen molar-refractivity contribution in [1.29, 1.82) is 21.0 Å². The lowest BCUT2D eigenvalue weighted by Gasteiger charge is -2.16. The average molecular weight is 636 g/mol. The van der Waals surface area contributed by atoms with Gasteiger partial charge in [-0.2, -0.15) is 21.0 Å². The molecular formula is C32H12F8N4O2. The van der Waals surface area contributed by atoms with Crippen LogP contribution in [-0.2, 0) is 0 Å². The molecule has 5 rings (SSSR count). The van der Waals surface area contributed by atoms with Gasteiger partial charge in [0.2, 0.25) is 0 Å². The summed E-state index contributed by atoms with van der Waals surface area (Å²) in [5.41, 5.74) is -0.145. The van der Waals surface area contributed by atoms with Crippen molar-refractivity contribution in [3.63, 3.8) is 0 Å². The van der Waals surface area contributed by atoms with Crippen LogP contribution in [0.15, 0.2) is 60.7 Å². The molecule has 14 heteroatoms. The SMILES string of the molecule is N#Cc1cc2c(cc1-c1ccc(OC(F)(F)F)cc1F)-c1cc(-c3ccc(OC(F)(F)F)cc3F)c(C#N)cc1C2C(C#N)C#N. The van der Waals surface area contributed by atoms with E-state index >= 15 is 8.78 Å². The molecule has 0 heterocycles. The van der Waals surface area contributed by atoms with E-state index in [0.29, 0.717) is 12.1 Å². The van der Waals surface area contributed by atoms with Gasteiger partial charge >= 0.3 is 12.7 Å². The summed E-state index contributed by atoms with van der Waals surface area (Å²) in [4.78, 5) is 0. The topological polar surface area (TPSA) is 114 Å². The Morgan fingerprint density at radius 3 is 1.24 bits per heavy atom. The number of halogens is 8. The number of nitriles is 4. The van der Waals surface area contributed by atoms with Crippen LogP contribution in [0.1, 0.15) is 28.2 Å². The normalized spacial score (nSPS) is 12.4. The highest BCUT2D eigenvalue weighted by Crippen LogP contribution is 2.52. The van der Waals surface area contributed by atoms with Crippen LogP contribution in [0.4, 0.5) is 35.1 Å². The summed E-state index contributed by atoms with van der Waals surface area (Å²) in [6, 6.07) is 17.2. The molecule has 0 aromatic heterocycles. The minimum absolute atomic E-state index is 0.0832. The Bertz CT molecular complexity index is 1930. The lowest BCUT2D eigenvalue weighted by Crippen LogP contribution is -2.17. The molecule has 0 aliphatic heterocycles. The van der Waals surface area contributed by atoms with Crippen molar-refractivity contribution in [2.45, 2.75) is 18.6 Å². The Kier molecular flexibility index (Phi) is 7.78. The molecule has 1 aliphatic carbocycles. The maximum Gasteiger partial charge on any atom is 0.573 e. The van der Waals surface area contributed by atoms with Gasteiger partial charge in [-0.3, -0.25) is 0 Å². The quantitative estimate of drug-likeness (QED) is 0.203. The summed E-state index contributed by atoms with van der Waals surface area (Å²) in [6.07, 6.45) is -10.2. The predicted octanol–water partition coefficient (Wildman–Crippen LogP) is 8.62. The number of hydrogen-bond donors (Lipinski definition) is 0. The second kappa shape index (κ2) is 11.4. The number of nitrogens with zero attached hydrogens (tertiary/aromatic N) is 4. The van der Waals surface area contributed by atoms with E-state index in [9.17, 15) is 47.4 Å². The second-order valence-electron chi connectivity index (χ2n) is 9.79. The molecule has 0 atom stereocenters. The largest absolute Gasteiger partial charge is 0.573 e. The second-order valence-corrected chi connectivity index (χ2v) is 9.79. The number of rotatable bonds is 5. The van der Waals surface area contributed by atoms with Crippen molar-refractivity contribution in [1.82, 2.24) is 0 Å². The van der Waals surface area contributed by atoms with Crippen molar-refractivity contribution in [3.05, 3.63) is 94.6 Å². The van der Waals surface area contributed by atoms with Gasteiger partial charge in [0, 0.05) is 40.3 Å². The highest BCUT2D eigenvalue weighted by Gasteiger charge is 2.38. The van der Waals surface area contributed by atoms with Crippen LogP contribution >= 0.6 is 0 Å². The molecule has 0 saturated carbocycles. The summed E-state index contributed by atoms with van der Waals surface area (Å²) >= 11 is 0. The van der Waals surface area contributed by atoms with Crippen molar-refractivity contribution in [2.24, 2.45) is 5.92 Å². The molecule has 4 aromatic carbocycles. The van der Waals surface area contributed by atoms with E-state index in [2.05, 4.69) is 9.47 Å². The van der Waals surface area contributed by atoms with Gasteiger partial charge in [0.25, 0.3) is 0 Å². The fourth-order valence-corrected chi connectivity index (χ4v) is 5.37. The van der Waals surface area contributed by atoms with Crippen LogP contribution in [0, 0.1) is 62.9 Å². The molecule has 1 aliphatic rings. The van der Waals surface area contributed by atoms with E-state index in [1.807, 2.05) is 24.3 Å². The van der Waals surface area contributed by atoms with E-state index in [1.54, 1.807) is 0 Å². The van der Waals surface area contributed by atoms with E-state index in [4.69, 9.17) is 0 Å². The molecule has 228 valence electrons. The van der Waals surface area contributed by atoms with E-state index in [0.717, 1.165) is 24.3 Å². The van der Waals surface area contributed by atoms with E-state index in [1.165, 1.54) is 24.3 Å². The van der Waals surface area contributed by atoms with Crippen LogP contribution in [-0.4, -0.2) is 12.7 Å². The summed E-state index contributed by atoms with van der Waals surface area (Å²) in [6.45, 7) is 0. The fourth-order valence-electron chi connectivity index (χ4n) is 5.37. The monoisotopic (exact) mass is 636 g/mol.